The molecule has 0 atom stereocenters. The summed E-state index contributed by atoms with van der Waals surface area (Å²) in [6, 6.07) is 8.03. The lowest BCUT2D eigenvalue weighted by Gasteiger charge is -1.93. The van der Waals surface area contributed by atoms with Crippen molar-refractivity contribution in [3.63, 3.8) is 0 Å². The number of H-pyrrole nitrogens is 1. The molecule has 0 saturated carbocycles. The fourth-order valence-electron chi connectivity index (χ4n) is 2.10. The first-order chi connectivity index (χ1) is 7.36. The van der Waals surface area contributed by atoms with Crippen LogP contribution in [-0.4, -0.2) is 10.8 Å². The molecule has 0 saturated heterocycles. The van der Waals surface area contributed by atoms with Crippen molar-refractivity contribution < 1.29 is 4.79 Å². The molecular formula is C13H11NO. The molecule has 2 aromatic rings. The first-order valence-electron chi connectivity index (χ1n) is 5.17. The fraction of sp³-hybridized carbons (Fsp3) is 0.154. The Balaban J connectivity index is 2.39. The predicted octanol–water partition coefficient (Wildman–Crippen LogP) is 3.16. The number of para-hydroxylation sites is 1. The minimum absolute atomic E-state index is 0.214. The predicted molar refractivity (Wildman–Crippen MR) is 60.9 cm³/mol. The van der Waals surface area contributed by atoms with Crippen LogP contribution < -0.4 is 0 Å². The summed E-state index contributed by atoms with van der Waals surface area (Å²) in [6.45, 7) is 0. The molecule has 0 amide bonds. The van der Waals surface area contributed by atoms with Crippen molar-refractivity contribution in [1.29, 1.82) is 0 Å². The van der Waals surface area contributed by atoms with E-state index < -0.39 is 0 Å². The maximum Gasteiger partial charge on any atom is 0.179 e. The van der Waals surface area contributed by atoms with Gasteiger partial charge in [0.1, 0.15) is 0 Å². The van der Waals surface area contributed by atoms with Crippen LogP contribution in [0, 0.1) is 0 Å². The van der Waals surface area contributed by atoms with Crippen LogP contribution in [0.15, 0.2) is 30.3 Å². The minimum atomic E-state index is 0.214. The summed E-state index contributed by atoms with van der Waals surface area (Å²) in [7, 11) is 0. The number of ketones is 1. The average Bonchev–Trinajstić information content (AvgIpc) is 2.54. The van der Waals surface area contributed by atoms with Crippen molar-refractivity contribution >= 4 is 22.8 Å². The van der Waals surface area contributed by atoms with Gasteiger partial charge in [-0.25, -0.2) is 0 Å². The summed E-state index contributed by atoms with van der Waals surface area (Å²) >= 11 is 0. The molecule has 1 aliphatic rings. The van der Waals surface area contributed by atoms with Crippen LogP contribution in [-0.2, 0) is 0 Å². The second-order valence-corrected chi connectivity index (χ2v) is 3.82. The second-order valence-electron chi connectivity index (χ2n) is 3.82. The number of benzene rings is 1. The van der Waals surface area contributed by atoms with Crippen LogP contribution >= 0.6 is 0 Å². The number of carbonyl (C=O) groups is 1. The van der Waals surface area contributed by atoms with E-state index in [9.17, 15) is 4.79 Å². The molecule has 0 unspecified atom stereocenters. The van der Waals surface area contributed by atoms with E-state index in [1.165, 1.54) is 0 Å². The Morgan fingerprint density at radius 3 is 3.00 bits per heavy atom. The molecule has 0 radical (unpaired) electrons. The van der Waals surface area contributed by atoms with Crippen molar-refractivity contribution in [3.05, 3.63) is 41.6 Å². The Bertz CT molecular complexity index is 563. The van der Waals surface area contributed by atoms with Gasteiger partial charge in [-0.3, -0.25) is 4.79 Å². The van der Waals surface area contributed by atoms with E-state index in [2.05, 4.69) is 17.1 Å². The highest BCUT2D eigenvalue weighted by molar-refractivity contribution is 6.06. The summed E-state index contributed by atoms with van der Waals surface area (Å²) in [4.78, 5) is 15.0. The van der Waals surface area contributed by atoms with Crippen LogP contribution in [0.5, 0.6) is 0 Å². The zero-order chi connectivity index (χ0) is 10.3. The molecule has 0 bridgehead atoms. The monoisotopic (exact) mass is 197 g/mol. The lowest BCUT2D eigenvalue weighted by molar-refractivity contribution is 0.0980. The summed E-state index contributed by atoms with van der Waals surface area (Å²) in [5.74, 6) is 0.214. The zero-order valence-corrected chi connectivity index (χ0v) is 8.29. The molecule has 15 heavy (non-hydrogen) atoms. The van der Waals surface area contributed by atoms with Gasteiger partial charge in [0.15, 0.2) is 5.78 Å². The summed E-state index contributed by atoms with van der Waals surface area (Å²) in [5, 5.41) is 1.14. The van der Waals surface area contributed by atoms with E-state index in [0.717, 1.165) is 28.6 Å². The summed E-state index contributed by atoms with van der Waals surface area (Å²) in [6.07, 6.45) is 5.58. The molecule has 3 rings (SSSR count). The molecule has 74 valence electrons. The van der Waals surface area contributed by atoms with Gasteiger partial charge in [0.25, 0.3) is 0 Å². The maximum absolute atomic E-state index is 11.8. The minimum Gasteiger partial charge on any atom is -0.352 e. The number of fused-ring (bicyclic) bond motifs is 3. The molecule has 1 aliphatic carbocycles. The maximum atomic E-state index is 11.8. The SMILES string of the molecule is O=C1CCC=Cc2c1[nH]c1ccccc21. The first kappa shape index (κ1) is 8.48. The third kappa shape index (κ3) is 1.22. The van der Waals surface area contributed by atoms with Crippen LogP contribution in [0.25, 0.3) is 17.0 Å². The van der Waals surface area contributed by atoms with Crippen molar-refractivity contribution in [2.24, 2.45) is 0 Å². The van der Waals surface area contributed by atoms with Crippen LogP contribution in [0.3, 0.4) is 0 Å². The van der Waals surface area contributed by atoms with Gasteiger partial charge < -0.3 is 4.98 Å². The molecule has 0 fully saturated rings. The van der Waals surface area contributed by atoms with Gasteiger partial charge in [0, 0.05) is 22.9 Å². The first-order valence-corrected chi connectivity index (χ1v) is 5.17. The van der Waals surface area contributed by atoms with E-state index in [4.69, 9.17) is 0 Å². The third-order valence-electron chi connectivity index (χ3n) is 2.85. The number of hydrogen-bond donors (Lipinski definition) is 1. The Morgan fingerprint density at radius 2 is 2.07 bits per heavy atom. The third-order valence-corrected chi connectivity index (χ3v) is 2.85. The molecule has 1 aromatic carbocycles. The normalized spacial score (nSPS) is 15.3. The van der Waals surface area contributed by atoms with Gasteiger partial charge in [-0.05, 0) is 12.5 Å². The highest BCUT2D eigenvalue weighted by Crippen LogP contribution is 2.27. The number of aromatic nitrogens is 1. The van der Waals surface area contributed by atoms with Crippen molar-refractivity contribution in [1.82, 2.24) is 4.98 Å². The number of nitrogens with one attached hydrogen (secondary N) is 1. The molecule has 1 heterocycles. The zero-order valence-electron chi connectivity index (χ0n) is 8.29. The highest BCUT2D eigenvalue weighted by Gasteiger charge is 2.16. The van der Waals surface area contributed by atoms with Gasteiger partial charge in [-0.2, -0.15) is 0 Å². The van der Waals surface area contributed by atoms with Crippen molar-refractivity contribution in [3.8, 4) is 0 Å². The quantitative estimate of drug-likeness (QED) is 0.691. The Labute approximate surface area is 87.6 Å². The van der Waals surface area contributed by atoms with Crippen LogP contribution in [0.4, 0.5) is 0 Å². The average molecular weight is 197 g/mol. The molecule has 1 N–H and O–H groups in total. The van der Waals surface area contributed by atoms with E-state index in [1.54, 1.807) is 0 Å². The topological polar surface area (TPSA) is 32.9 Å². The standard InChI is InChI=1S/C13H11NO/c15-12-8-4-2-6-10-9-5-1-3-7-11(9)14-13(10)12/h1-3,5-7,14H,4,8H2. The number of hydrogen-bond acceptors (Lipinski definition) is 1. The van der Waals surface area contributed by atoms with Gasteiger partial charge in [0.2, 0.25) is 0 Å². The lowest BCUT2D eigenvalue weighted by Crippen LogP contribution is -1.98. The van der Waals surface area contributed by atoms with Gasteiger partial charge in [0.05, 0.1) is 5.69 Å². The Hall–Kier alpha value is -1.83. The fourth-order valence-corrected chi connectivity index (χ4v) is 2.10. The van der Waals surface area contributed by atoms with Gasteiger partial charge in [-0.15, -0.1) is 0 Å². The summed E-state index contributed by atoms with van der Waals surface area (Å²) in [5.41, 5.74) is 2.86. The number of Topliss-reactive ketones (excluding diaryl/α,β-unsaturated/α-hetero) is 1. The van der Waals surface area contributed by atoms with E-state index in [1.807, 2.05) is 24.3 Å². The lowest BCUT2D eigenvalue weighted by atomic mass is 10.1. The summed E-state index contributed by atoms with van der Waals surface area (Å²) < 4.78 is 0. The molecule has 1 aromatic heterocycles. The molecule has 0 aliphatic heterocycles. The van der Waals surface area contributed by atoms with Crippen molar-refractivity contribution in [2.75, 3.05) is 0 Å². The number of rotatable bonds is 0. The molecular weight excluding hydrogens is 186 g/mol. The molecule has 0 spiro atoms. The van der Waals surface area contributed by atoms with E-state index in [-0.39, 0.29) is 5.78 Å². The number of carbonyl (C=O) groups excluding carboxylic acids is 1. The Kier molecular flexibility index (Phi) is 1.75. The second kappa shape index (κ2) is 3.09. The largest absolute Gasteiger partial charge is 0.352 e. The van der Waals surface area contributed by atoms with Gasteiger partial charge >= 0.3 is 0 Å². The van der Waals surface area contributed by atoms with E-state index >= 15 is 0 Å². The van der Waals surface area contributed by atoms with Crippen LogP contribution in [0.1, 0.15) is 28.9 Å². The van der Waals surface area contributed by atoms with Gasteiger partial charge in [-0.1, -0.05) is 30.4 Å². The van der Waals surface area contributed by atoms with Crippen molar-refractivity contribution in [2.45, 2.75) is 12.8 Å². The number of allylic oxidation sites excluding steroid dienone is 1. The smallest absolute Gasteiger partial charge is 0.179 e. The van der Waals surface area contributed by atoms with Crippen LogP contribution in [0.2, 0.25) is 0 Å². The number of aromatic amines is 1. The Morgan fingerprint density at radius 1 is 1.20 bits per heavy atom. The molecule has 2 nitrogen and oxygen atoms in total. The highest BCUT2D eigenvalue weighted by atomic mass is 16.1. The van der Waals surface area contributed by atoms with E-state index in [0.29, 0.717) is 6.42 Å². The molecule has 2 heteroatoms.